The molecule has 0 fully saturated rings. The van der Waals surface area contributed by atoms with Crippen molar-refractivity contribution in [3.05, 3.63) is 51.4 Å². The Hall–Kier alpha value is -2.32. The maximum Gasteiger partial charge on any atom is 0.251 e. The lowest BCUT2D eigenvalue weighted by molar-refractivity contribution is 0.356. The fourth-order valence-electron chi connectivity index (χ4n) is 2.63. The van der Waals surface area contributed by atoms with Gasteiger partial charge in [-0.05, 0) is 18.6 Å². The van der Waals surface area contributed by atoms with E-state index in [1.807, 2.05) is 23.6 Å². The predicted molar refractivity (Wildman–Crippen MR) is 109 cm³/mol. The van der Waals surface area contributed by atoms with Crippen LogP contribution in [0.5, 0.6) is 11.5 Å². The van der Waals surface area contributed by atoms with Gasteiger partial charge in [-0.25, -0.2) is 9.97 Å². The Morgan fingerprint density at radius 2 is 2.04 bits per heavy atom. The SMILES string of the molecule is CCCc1cc(=O)[nH]c(SCc2csc(-c3cccc(OC)c3OC)n2)n1. The maximum absolute atomic E-state index is 11.8. The van der Waals surface area contributed by atoms with Crippen molar-refractivity contribution in [1.82, 2.24) is 15.0 Å². The number of nitrogens with zero attached hydrogens (tertiary/aromatic N) is 2. The van der Waals surface area contributed by atoms with Crippen LogP contribution >= 0.6 is 23.1 Å². The molecule has 0 aliphatic carbocycles. The highest BCUT2D eigenvalue weighted by atomic mass is 32.2. The Bertz CT molecular complexity index is 969. The average Bonchev–Trinajstić information content (AvgIpc) is 3.14. The van der Waals surface area contributed by atoms with Gasteiger partial charge in [0, 0.05) is 22.9 Å². The molecule has 2 heterocycles. The number of thiazole rings is 1. The van der Waals surface area contributed by atoms with Gasteiger partial charge in [-0.3, -0.25) is 4.79 Å². The number of thioether (sulfide) groups is 1. The molecule has 0 aliphatic rings. The van der Waals surface area contributed by atoms with Crippen LogP contribution in [0.15, 0.2) is 39.6 Å². The molecule has 0 atom stereocenters. The van der Waals surface area contributed by atoms with E-state index in [2.05, 4.69) is 16.9 Å². The zero-order valence-corrected chi connectivity index (χ0v) is 17.1. The van der Waals surface area contributed by atoms with E-state index in [-0.39, 0.29) is 5.56 Å². The molecule has 1 N–H and O–H groups in total. The summed E-state index contributed by atoms with van der Waals surface area (Å²) in [6.45, 7) is 2.07. The van der Waals surface area contributed by atoms with Crippen LogP contribution in [0.2, 0.25) is 0 Å². The molecular weight excluding hydrogens is 382 g/mol. The summed E-state index contributed by atoms with van der Waals surface area (Å²) in [6, 6.07) is 7.30. The molecular formula is C19H21N3O3S2. The number of aromatic amines is 1. The van der Waals surface area contributed by atoms with Gasteiger partial charge < -0.3 is 14.5 Å². The van der Waals surface area contributed by atoms with Crippen molar-refractivity contribution in [2.75, 3.05) is 14.2 Å². The van der Waals surface area contributed by atoms with Crippen LogP contribution in [0.3, 0.4) is 0 Å². The lowest BCUT2D eigenvalue weighted by Crippen LogP contribution is -2.09. The third kappa shape index (κ3) is 4.70. The number of aryl methyl sites for hydroxylation is 1. The Morgan fingerprint density at radius 3 is 2.78 bits per heavy atom. The van der Waals surface area contributed by atoms with Crippen molar-refractivity contribution in [2.45, 2.75) is 30.7 Å². The summed E-state index contributed by atoms with van der Waals surface area (Å²) in [4.78, 5) is 23.8. The molecule has 27 heavy (non-hydrogen) atoms. The highest BCUT2D eigenvalue weighted by Crippen LogP contribution is 2.39. The van der Waals surface area contributed by atoms with Crippen LogP contribution in [0.1, 0.15) is 24.7 Å². The molecule has 0 aliphatic heterocycles. The lowest BCUT2D eigenvalue weighted by atomic mass is 10.2. The van der Waals surface area contributed by atoms with Gasteiger partial charge in [-0.1, -0.05) is 31.2 Å². The molecule has 2 aromatic heterocycles. The van der Waals surface area contributed by atoms with Gasteiger partial charge in [-0.2, -0.15) is 0 Å². The van der Waals surface area contributed by atoms with Crippen molar-refractivity contribution >= 4 is 23.1 Å². The smallest absolute Gasteiger partial charge is 0.251 e. The molecule has 0 radical (unpaired) electrons. The van der Waals surface area contributed by atoms with Gasteiger partial charge in [0.15, 0.2) is 16.7 Å². The van der Waals surface area contributed by atoms with E-state index in [1.54, 1.807) is 31.6 Å². The first-order valence-electron chi connectivity index (χ1n) is 8.53. The van der Waals surface area contributed by atoms with Crippen LogP contribution in [0.25, 0.3) is 10.6 Å². The van der Waals surface area contributed by atoms with E-state index in [0.717, 1.165) is 34.8 Å². The highest BCUT2D eigenvalue weighted by molar-refractivity contribution is 7.98. The van der Waals surface area contributed by atoms with Crippen LogP contribution in [0.4, 0.5) is 0 Å². The number of nitrogens with one attached hydrogen (secondary N) is 1. The fourth-order valence-corrected chi connectivity index (χ4v) is 4.36. The minimum absolute atomic E-state index is 0.115. The number of hydrogen-bond donors (Lipinski definition) is 1. The average molecular weight is 404 g/mol. The minimum atomic E-state index is -0.115. The van der Waals surface area contributed by atoms with Gasteiger partial charge in [0.05, 0.1) is 25.5 Å². The zero-order valence-electron chi connectivity index (χ0n) is 15.4. The van der Waals surface area contributed by atoms with Gasteiger partial charge in [-0.15, -0.1) is 11.3 Å². The Labute approximate surface area is 166 Å². The van der Waals surface area contributed by atoms with Gasteiger partial charge in [0.1, 0.15) is 5.01 Å². The van der Waals surface area contributed by atoms with E-state index in [9.17, 15) is 4.79 Å². The van der Waals surface area contributed by atoms with Crippen LogP contribution in [-0.4, -0.2) is 29.2 Å². The van der Waals surface area contributed by atoms with Gasteiger partial charge >= 0.3 is 0 Å². The van der Waals surface area contributed by atoms with Crippen molar-refractivity contribution in [2.24, 2.45) is 0 Å². The minimum Gasteiger partial charge on any atom is -0.493 e. The number of H-pyrrole nitrogens is 1. The summed E-state index contributed by atoms with van der Waals surface area (Å²) >= 11 is 3.02. The molecule has 1 aromatic carbocycles. The maximum atomic E-state index is 11.8. The van der Waals surface area contributed by atoms with Crippen molar-refractivity contribution < 1.29 is 9.47 Å². The molecule has 3 aromatic rings. The quantitative estimate of drug-likeness (QED) is 0.450. The van der Waals surface area contributed by atoms with E-state index >= 15 is 0 Å². The molecule has 8 heteroatoms. The molecule has 6 nitrogen and oxygen atoms in total. The van der Waals surface area contributed by atoms with Crippen LogP contribution in [-0.2, 0) is 12.2 Å². The number of ether oxygens (including phenoxy) is 2. The topological polar surface area (TPSA) is 77.1 Å². The summed E-state index contributed by atoms with van der Waals surface area (Å²) in [6.07, 6.45) is 1.76. The number of para-hydroxylation sites is 1. The number of methoxy groups -OCH3 is 2. The third-order valence-electron chi connectivity index (χ3n) is 3.82. The largest absolute Gasteiger partial charge is 0.493 e. The van der Waals surface area contributed by atoms with E-state index in [1.165, 1.54) is 11.8 Å². The molecule has 0 bridgehead atoms. The Morgan fingerprint density at radius 1 is 1.19 bits per heavy atom. The predicted octanol–water partition coefficient (Wildman–Crippen LogP) is 4.16. The molecule has 0 unspecified atom stereocenters. The molecule has 3 rings (SSSR count). The summed E-state index contributed by atoms with van der Waals surface area (Å²) in [5, 5.41) is 3.50. The zero-order chi connectivity index (χ0) is 19.2. The standard InChI is InChI=1S/C19H21N3O3S2/c1-4-6-12-9-16(23)22-19(21-12)27-11-13-10-26-18(20-13)14-7-5-8-15(24-2)17(14)25-3/h5,7-10H,4,6,11H2,1-3H3,(H,21,22,23). The van der Waals surface area contributed by atoms with E-state index < -0.39 is 0 Å². The van der Waals surface area contributed by atoms with E-state index in [4.69, 9.17) is 14.5 Å². The van der Waals surface area contributed by atoms with Crippen LogP contribution in [0, 0.1) is 0 Å². The number of hydrogen-bond acceptors (Lipinski definition) is 7. The Balaban J connectivity index is 1.77. The molecule has 142 valence electrons. The molecule has 0 saturated heterocycles. The summed E-state index contributed by atoms with van der Waals surface area (Å²) < 4.78 is 10.9. The second kappa shape index (κ2) is 9.05. The van der Waals surface area contributed by atoms with Crippen molar-refractivity contribution in [3.8, 4) is 22.1 Å². The number of aromatic nitrogens is 3. The second-order valence-electron chi connectivity index (χ2n) is 5.77. The van der Waals surface area contributed by atoms with Gasteiger partial charge in [0.2, 0.25) is 0 Å². The van der Waals surface area contributed by atoms with E-state index in [0.29, 0.717) is 22.4 Å². The first-order chi connectivity index (χ1) is 13.1. The summed E-state index contributed by atoms with van der Waals surface area (Å²) in [5.41, 5.74) is 2.53. The molecule has 0 spiro atoms. The number of rotatable bonds is 8. The summed E-state index contributed by atoms with van der Waals surface area (Å²) in [5.74, 6) is 1.98. The normalized spacial score (nSPS) is 10.8. The number of benzene rings is 1. The first kappa shape index (κ1) is 19.4. The third-order valence-corrected chi connectivity index (χ3v) is 5.65. The van der Waals surface area contributed by atoms with Crippen molar-refractivity contribution in [3.63, 3.8) is 0 Å². The monoisotopic (exact) mass is 403 g/mol. The highest BCUT2D eigenvalue weighted by Gasteiger charge is 2.15. The molecule has 0 saturated carbocycles. The fraction of sp³-hybridized carbons (Fsp3) is 0.316. The Kier molecular flexibility index (Phi) is 6.52. The van der Waals surface area contributed by atoms with Gasteiger partial charge in [0.25, 0.3) is 5.56 Å². The van der Waals surface area contributed by atoms with Crippen LogP contribution < -0.4 is 15.0 Å². The summed E-state index contributed by atoms with van der Waals surface area (Å²) in [7, 11) is 3.24. The van der Waals surface area contributed by atoms with Crippen molar-refractivity contribution in [1.29, 1.82) is 0 Å². The first-order valence-corrected chi connectivity index (χ1v) is 10.4. The molecule has 0 amide bonds. The second-order valence-corrected chi connectivity index (χ2v) is 7.59. The lowest BCUT2D eigenvalue weighted by Gasteiger charge is -2.10.